The van der Waals surface area contributed by atoms with Crippen molar-refractivity contribution in [2.24, 2.45) is 0 Å². The van der Waals surface area contributed by atoms with Crippen LogP contribution < -0.4 is 51.4 Å². The van der Waals surface area contributed by atoms with E-state index in [1.165, 1.54) is 0 Å². The summed E-state index contributed by atoms with van der Waals surface area (Å²) in [7, 11) is -4.11. The van der Waals surface area contributed by atoms with Crippen LogP contribution in [0.25, 0.3) is 0 Å². The van der Waals surface area contributed by atoms with Crippen molar-refractivity contribution in [1.29, 1.82) is 0 Å². The van der Waals surface area contributed by atoms with Crippen LogP contribution >= 0.6 is 0 Å². The van der Waals surface area contributed by atoms with E-state index in [9.17, 15) is 13.0 Å². The molecule has 0 aliphatic heterocycles. The van der Waals surface area contributed by atoms with Gasteiger partial charge in [-0.05, 0) is 12.1 Å². The first-order valence-corrected chi connectivity index (χ1v) is 4.99. The van der Waals surface area contributed by atoms with E-state index in [1.807, 2.05) is 0 Å². The van der Waals surface area contributed by atoms with Gasteiger partial charge in [-0.2, -0.15) is 0 Å². The zero-order valence-electron chi connectivity index (χ0n) is 7.30. The van der Waals surface area contributed by atoms with Gasteiger partial charge < -0.3 is 4.55 Å². The molecular weight excluding hydrogens is 217 g/mol. The van der Waals surface area contributed by atoms with E-state index < -0.39 is 10.1 Å². The molecule has 0 fully saturated rings. The number of aryl methyl sites for hydroxylation is 1. The van der Waals surface area contributed by atoms with Gasteiger partial charge >= 0.3 is 51.4 Å². The van der Waals surface area contributed by atoms with Crippen LogP contribution in [0.4, 0.5) is 0 Å². The van der Waals surface area contributed by atoms with Crippen LogP contribution in [-0.4, -0.2) is 23.7 Å². The van der Waals surface area contributed by atoms with Gasteiger partial charge in [0.1, 0.15) is 0 Å². The van der Waals surface area contributed by atoms with E-state index >= 15 is 0 Å². The molecule has 0 aliphatic carbocycles. The Bertz CT molecular complexity index is 338. The minimum Gasteiger partial charge on any atom is -0.748 e. The largest absolute Gasteiger partial charge is 1.00 e. The van der Waals surface area contributed by atoms with Gasteiger partial charge in [-0.15, -0.1) is 0 Å². The van der Waals surface area contributed by atoms with Crippen molar-refractivity contribution in [3.8, 4) is 0 Å². The maximum Gasteiger partial charge on any atom is 1.00 e. The molecule has 0 spiro atoms. The second kappa shape index (κ2) is 6.23. The summed E-state index contributed by atoms with van der Waals surface area (Å²) in [6, 6.07) is 5.17. The molecule has 0 N–H and O–H groups in total. The van der Waals surface area contributed by atoms with Gasteiger partial charge in [-0.1, -0.05) is 6.07 Å². The van der Waals surface area contributed by atoms with Gasteiger partial charge in [0.05, 0.1) is 10.1 Å². The van der Waals surface area contributed by atoms with Crippen LogP contribution in [0.1, 0.15) is 5.69 Å². The first-order valence-electron chi connectivity index (χ1n) is 3.41. The van der Waals surface area contributed by atoms with Crippen molar-refractivity contribution in [1.82, 2.24) is 4.98 Å². The van der Waals surface area contributed by atoms with Crippen LogP contribution in [0.5, 0.6) is 0 Å². The summed E-state index contributed by atoms with van der Waals surface area (Å²) >= 11 is 0. The van der Waals surface area contributed by atoms with Crippen LogP contribution in [-0.2, 0) is 16.5 Å². The first kappa shape index (κ1) is 13.7. The predicted octanol–water partition coefficient (Wildman–Crippen LogP) is -2.83. The number of nitrogens with zero attached hydrogens (tertiary/aromatic N) is 1. The molecule has 13 heavy (non-hydrogen) atoms. The molecule has 0 bridgehead atoms. The van der Waals surface area contributed by atoms with Crippen molar-refractivity contribution in [3.05, 3.63) is 30.1 Å². The third kappa shape index (κ3) is 6.73. The van der Waals surface area contributed by atoms with E-state index in [-0.39, 0.29) is 63.6 Å². The fourth-order valence-corrected chi connectivity index (χ4v) is 1.23. The summed E-state index contributed by atoms with van der Waals surface area (Å²) in [5.41, 5.74) is 0.622. The number of hydrogen-bond acceptors (Lipinski definition) is 4. The predicted molar refractivity (Wildman–Crippen MR) is 42.5 cm³/mol. The Labute approximate surface area is 120 Å². The van der Waals surface area contributed by atoms with Crippen LogP contribution in [0, 0.1) is 0 Å². The molecule has 0 atom stereocenters. The fourth-order valence-electron chi connectivity index (χ4n) is 0.776. The summed E-state index contributed by atoms with van der Waals surface area (Å²) in [6.07, 6.45) is 1.75. The standard InChI is InChI=1S/C7H9NO3S.K/c9-12(10,11)6-4-7-3-1-2-5-8-7;/h1-3,5H,4,6H2,(H,9,10,11);/q;+1/p-1. The number of hydrogen-bond donors (Lipinski definition) is 0. The molecule has 0 unspecified atom stereocenters. The normalized spacial score (nSPS) is 10.5. The molecule has 1 heterocycles. The van der Waals surface area contributed by atoms with E-state index in [0.717, 1.165) is 0 Å². The zero-order valence-corrected chi connectivity index (χ0v) is 11.2. The Morgan fingerprint density at radius 2 is 2.08 bits per heavy atom. The molecule has 1 aromatic heterocycles. The number of aromatic nitrogens is 1. The molecule has 66 valence electrons. The summed E-state index contributed by atoms with van der Waals surface area (Å²) in [4.78, 5) is 3.88. The second-order valence-electron chi connectivity index (χ2n) is 2.33. The molecule has 0 radical (unpaired) electrons. The smallest absolute Gasteiger partial charge is 0.748 e. The maximum atomic E-state index is 10.2. The monoisotopic (exact) mass is 225 g/mol. The molecular formula is C7H8KNO3S. The third-order valence-corrected chi connectivity index (χ3v) is 2.04. The quantitative estimate of drug-likeness (QED) is 0.411. The Morgan fingerprint density at radius 3 is 2.54 bits per heavy atom. The van der Waals surface area contributed by atoms with Crippen LogP contribution in [0.3, 0.4) is 0 Å². The van der Waals surface area contributed by atoms with E-state index in [2.05, 4.69) is 4.98 Å². The average molecular weight is 225 g/mol. The van der Waals surface area contributed by atoms with Crippen molar-refractivity contribution < 1.29 is 64.4 Å². The summed E-state index contributed by atoms with van der Waals surface area (Å²) in [5.74, 6) is -0.385. The maximum absolute atomic E-state index is 10.2. The van der Waals surface area contributed by atoms with Gasteiger partial charge in [0.2, 0.25) is 0 Å². The molecule has 0 amide bonds. The van der Waals surface area contributed by atoms with Crippen LogP contribution in [0.2, 0.25) is 0 Å². The molecule has 0 saturated carbocycles. The van der Waals surface area contributed by atoms with Gasteiger partial charge in [-0.25, -0.2) is 8.42 Å². The van der Waals surface area contributed by atoms with E-state index in [1.54, 1.807) is 24.4 Å². The molecule has 0 saturated heterocycles. The first-order chi connectivity index (χ1) is 5.58. The SMILES string of the molecule is O=S(=O)([O-])CCc1ccccn1.[K+]. The topological polar surface area (TPSA) is 70.1 Å². The van der Waals surface area contributed by atoms with Crippen molar-refractivity contribution >= 4 is 10.1 Å². The molecule has 0 aliphatic rings. The van der Waals surface area contributed by atoms with Gasteiger partial charge in [0, 0.05) is 24.1 Å². The summed E-state index contributed by atoms with van der Waals surface area (Å²) < 4.78 is 30.7. The van der Waals surface area contributed by atoms with Crippen LogP contribution in [0.15, 0.2) is 24.4 Å². The van der Waals surface area contributed by atoms with E-state index in [4.69, 9.17) is 0 Å². The van der Waals surface area contributed by atoms with E-state index in [0.29, 0.717) is 5.69 Å². The van der Waals surface area contributed by atoms with Crippen molar-refractivity contribution in [2.45, 2.75) is 6.42 Å². The fraction of sp³-hybridized carbons (Fsp3) is 0.286. The Morgan fingerprint density at radius 1 is 1.38 bits per heavy atom. The molecule has 4 nitrogen and oxygen atoms in total. The zero-order chi connectivity index (χ0) is 9.03. The van der Waals surface area contributed by atoms with Crippen molar-refractivity contribution in [2.75, 3.05) is 5.75 Å². The average Bonchev–Trinajstić information content (AvgIpc) is 2.02. The minimum atomic E-state index is -4.11. The van der Waals surface area contributed by atoms with Gasteiger partial charge in [-0.3, -0.25) is 4.98 Å². The minimum absolute atomic E-state index is 0. The Hall–Kier alpha value is 0.696. The summed E-state index contributed by atoms with van der Waals surface area (Å²) in [6.45, 7) is 0. The summed E-state index contributed by atoms with van der Waals surface area (Å²) in [5, 5.41) is 0. The van der Waals surface area contributed by atoms with Gasteiger partial charge in [0.25, 0.3) is 0 Å². The third-order valence-electron chi connectivity index (χ3n) is 1.33. The van der Waals surface area contributed by atoms with Gasteiger partial charge in [0.15, 0.2) is 0 Å². The van der Waals surface area contributed by atoms with Crippen molar-refractivity contribution in [3.63, 3.8) is 0 Å². The molecule has 0 aromatic carbocycles. The molecule has 1 rings (SSSR count). The molecule has 1 aromatic rings. The Balaban J connectivity index is 0.00000144. The Kier molecular flexibility index (Phi) is 6.56. The number of pyridine rings is 1. The second-order valence-corrected chi connectivity index (χ2v) is 3.86. The molecule has 6 heteroatoms. The number of rotatable bonds is 3.